The summed E-state index contributed by atoms with van der Waals surface area (Å²) in [7, 11) is 0. The molecule has 112 valence electrons. The van der Waals surface area contributed by atoms with Crippen LogP contribution in [-0.2, 0) is 0 Å². The molecule has 3 atom stereocenters. The van der Waals surface area contributed by atoms with Crippen molar-refractivity contribution in [3.8, 4) is 0 Å². The van der Waals surface area contributed by atoms with E-state index >= 15 is 0 Å². The van der Waals surface area contributed by atoms with Gasteiger partial charge in [-0.3, -0.25) is 4.90 Å². The molecule has 0 bridgehead atoms. The van der Waals surface area contributed by atoms with Crippen LogP contribution in [0.25, 0.3) is 0 Å². The van der Waals surface area contributed by atoms with Gasteiger partial charge in [0.1, 0.15) is 0 Å². The van der Waals surface area contributed by atoms with E-state index in [1.165, 1.54) is 32.2 Å². The van der Waals surface area contributed by atoms with Gasteiger partial charge in [0.05, 0.1) is 6.10 Å². The minimum Gasteiger partial charge on any atom is -0.393 e. The summed E-state index contributed by atoms with van der Waals surface area (Å²) in [6.07, 6.45) is 7.38. The summed E-state index contributed by atoms with van der Waals surface area (Å²) >= 11 is 0. The minimum absolute atomic E-state index is 0.0703. The van der Waals surface area contributed by atoms with E-state index in [1.54, 1.807) is 0 Å². The fraction of sp³-hybridized carbons (Fsp3) is 1.00. The maximum Gasteiger partial charge on any atom is 0.0555 e. The van der Waals surface area contributed by atoms with Crippen LogP contribution in [-0.4, -0.2) is 35.2 Å². The molecule has 0 aromatic heterocycles. The van der Waals surface area contributed by atoms with Gasteiger partial charge in [-0.1, -0.05) is 34.1 Å². The molecule has 19 heavy (non-hydrogen) atoms. The Kier molecular flexibility index (Phi) is 4.94. The second-order valence-electron chi connectivity index (χ2n) is 7.89. The lowest BCUT2D eigenvalue weighted by molar-refractivity contribution is -0.0193. The Bertz CT molecular complexity index is 279. The molecule has 2 aliphatic rings. The first-order chi connectivity index (χ1) is 8.91. The molecule has 3 unspecified atom stereocenters. The van der Waals surface area contributed by atoms with Crippen molar-refractivity contribution in [3.05, 3.63) is 0 Å². The molecule has 1 N–H and O–H groups in total. The van der Waals surface area contributed by atoms with Crippen molar-refractivity contribution in [1.29, 1.82) is 0 Å². The van der Waals surface area contributed by atoms with Crippen molar-refractivity contribution in [2.24, 2.45) is 17.3 Å². The first-order valence-electron chi connectivity index (χ1n) is 8.34. The highest BCUT2D eigenvalue weighted by Gasteiger charge is 2.40. The summed E-state index contributed by atoms with van der Waals surface area (Å²) < 4.78 is 0. The standard InChI is InChI=1S/C17H33NO/c1-5-18(12-13-7-6-8-13)16-11-14(19)9-10-15(16)17(2,3)4/h13-16,19H,5-12H2,1-4H3. The number of rotatable bonds is 4. The van der Waals surface area contributed by atoms with Crippen molar-refractivity contribution in [2.45, 2.75) is 78.4 Å². The maximum absolute atomic E-state index is 10.1. The summed E-state index contributed by atoms with van der Waals surface area (Å²) in [5.41, 5.74) is 0.359. The zero-order chi connectivity index (χ0) is 14.0. The molecule has 2 fully saturated rings. The summed E-state index contributed by atoms with van der Waals surface area (Å²) in [5.74, 6) is 1.66. The van der Waals surface area contributed by atoms with Crippen molar-refractivity contribution in [3.63, 3.8) is 0 Å². The largest absolute Gasteiger partial charge is 0.393 e. The Hall–Kier alpha value is -0.0800. The van der Waals surface area contributed by atoms with Crippen molar-refractivity contribution in [2.75, 3.05) is 13.1 Å². The zero-order valence-electron chi connectivity index (χ0n) is 13.4. The summed E-state index contributed by atoms with van der Waals surface area (Å²) in [5, 5.41) is 10.1. The summed E-state index contributed by atoms with van der Waals surface area (Å²) in [4.78, 5) is 2.68. The zero-order valence-corrected chi connectivity index (χ0v) is 13.4. The van der Waals surface area contributed by atoms with E-state index < -0.39 is 0 Å². The number of hydrogen-bond donors (Lipinski definition) is 1. The fourth-order valence-corrected chi connectivity index (χ4v) is 4.04. The van der Waals surface area contributed by atoms with Gasteiger partial charge in [-0.25, -0.2) is 0 Å². The second kappa shape index (κ2) is 6.13. The molecule has 0 radical (unpaired) electrons. The molecule has 0 spiro atoms. The van der Waals surface area contributed by atoms with E-state index in [0.29, 0.717) is 11.5 Å². The lowest BCUT2D eigenvalue weighted by Crippen LogP contribution is -2.51. The van der Waals surface area contributed by atoms with Crippen LogP contribution in [0.5, 0.6) is 0 Å². The van der Waals surface area contributed by atoms with Crippen LogP contribution < -0.4 is 0 Å². The molecule has 2 rings (SSSR count). The molecule has 0 amide bonds. The summed E-state index contributed by atoms with van der Waals surface area (Å²) in [6, 6.07) is 0.592. The van der Waals surface area contributed by atoms with Crippen LogP contribution in [0.1, 0.15) is 66.2 Å². The minimum atomic E-state index is -0.0703. The average Bonchev–Trinajstić information content (AvgIpc) is 2.26. The van der Waals surface area contributed by atoms with Gasteiger partial charge < -0.3 is 5.11 Å². The predicted octanol–water partition coefficient (Wildman–Crippen LogP) is 3.68. The first kappa shape index (κ1) is 15.3. The van der Waals surface area contributed by atoms with Crippen LogP contribution in [0.2, 0.25) is 0 Å². The van der Waals surface area contributed by atoms with Gasteiger partial charge >= 0.3 is 0 Å². The second-order valence-corrected chi connectivity index (χ2v) is 7.89. The van der Waals surface area contributed by atoms with Crippen molar-refractivity contribution < 1.29 is 5.11 Å². The third kappa shape index (κ3) is 3.72. The topological polar surface area (TPSA) is 23.5 Å². The Balaban J connectivity index is 2.05. The van der Waals surface area contributed by atoms with Gasteiger partial charge in [-0.05, 0) is 55.9 Å². The highest BCUT2D eigenvalue weighted by atomic mass is 16.3. The van der Waals surface area contributed by atoms with Crippen LogP contribution in [0.3, 0.4) is 0 Å². The quantitative estimate of drug-likeness (QED) is 0.840. The highest BCUT2D eigenvalue weighted by molar-refractivity contribution is 4.93. The van der Waals surface area contributed by atoms with Gasteiger partial charge in [0, 0.05) is 12.6 Å². The van der Waals surface area contributed by atoms with E-state index in [1.807, 2.05) is 0 Å². The Morgan fingerprint density at radius 3 is 2.26 bits per heavy atom. The maximum atomic E-state index is 10.1. The number of aliphatic hydroxyl groups is 1. The molecule has 0 aromatic rings. The molecule has 0 saturated heterocycles. The van der Waals surface area contributed by atoms with Crippen molar-refractivity contribution >= 4 is 0 Å². The van der Waals surface area contributed by atoms with Gasteiger partial charge in [0.2, 0.25) is 0 Å². The van der Waals surface area contributed by atoms with Gasteiger partial charge in [0.15, 0.2) is 0 Å². The van der Waals surface area contributed by atoms with Crippen LogP contribution in [0, 0.1) is 17.3 Å². The Morgan fingerprint density at radius 2 is 1.79 bits per heavy atom. The van der Waals surface area contributed by atoms with Gasteiger partial charge in [0.25, 0.3) is 0 Å². The van der Waals surface area contributed by atoms with Crippen LogP contribution in [0.15, 0.2) is 0 Å². The lowest BCUT2D eigenvalue weighted by Gasteiger charge is -2.48. The number of aliphatic hydroxyl groups excluding tert-OH is 1. The van der Waals surface area contributed by atoms with Crippen LogP contribution in [0.4, 0.5) is 0 Å². The fourth-order valence-electron chi connectivity index (χ4n) is 4.04. The number of hydrogen-bond acceptors (Lipinski definition) is 2. The van der Waals surface area contributed by atoms with E-state index in [0.717, 1.165) is 31.2 Å². The molecule has 2 nitrogen and oxygen atoms in total. The monoisotopic (exact) mass is 267 g/mol. The number of nitrogens with zero attached hydrogens (tertiary/aromatic N) is 1. The van der Waals surface area contributed by atoms with Gasteiger partial charge in [-0.15, -0.1) is 0 Å². The molecule has 2 aliphatic carbocycles. The van der Waals surface area contributed by atoms with Crippen LogP contribution >= 0.6 is 0 Å². The molecule has 0 aromatic carbocycles. The SMILES string of the molecule is CCN(CC1CCC1)C1CC(O)CCC1C(C)(C)C. The predicted molar refractivity (Wildman–Crippen MR) is 81.2 cm³/mol. The summed E-state index contributed by atoms with van der Waals surface area (Å²) in [6.45, 7) is 11.8. The van der Waals surface area contributed by atoms with Gasteiger partial charge in [-0.2, -0.15) is 0 Å². The molecular weight excluding hydrogens is 234 g/mol. The van der Waals surface area contributed by atoms with E-state index in [4.69, 9.17) is 0 Å². The normalized spacial score (nSPS) is 33.5. The van der Waals surface area contributed by atoms with Crippen molar-refractivity contribution in [1.82, 2.24) is 4.90 Å². The molecular formula is C17H33NO. The average molecular weight is 267 g/mol. The Morgan fingerprint density at radius 1 is 1.11 bits per heavy atom. The molecule has 2 heteroatoms. The molecule has 0 heterocycles. The third-order valence-corrected chi connectivity index (χ3v) is 5.49. The lowest BCUT2D eigenvalue weighted by atomic mass is 9.68. The molecule has 0 aliphatic heterocycles. The molecule has 2 saturated carbocycles. The Labute approximate surface area is 119 Å². The third-order valence-electron chi connectivity index (χ3n) is 5.49. The smallest absolute Gasteiger partial charge is 0.0555 e. The highest BCUT2D eigenvalue weighted by Crippen LogP contribution is 2.41. The van der Waals surface area contributed by atoms with E-state index in [2.05, 4.69) is 32.6 Å². The van der Waals surface area contributed by atoms with E-state index in [-0.39, 0.29) is 6.10 Å². The van der Waals surface area contributed by atoms with E-state index in [9.17, 15) is 5.11 Å². The first-order valence-corrected chi connectivity index (χ1v) is 8.34.